The van der Waals surface area contributed by atoms with Crippen molar-refractivity contribution in [3.8, 4) is 12.1 Å². The van der Waals surface area contributed by atoms with Gasteiger partial charge in [-0.15, -0.1) is 0 Å². The Bertz CT molecular complexity index is 494. The van der Waals surface area contributed by atoms with Crippen LogP contribution in [0.5, 0.6) is 0 Å². The van der Waals surface area contributed by atoms with Crippen molar-refractivity contribution in [3.05, 3.63) is 11.8 Å². The topological polar surface area (TPSA) is 137 Å². The van der Waals surface area contributed by atoms with Crippen LogP contribution in [0.4, 0.5) is 0 Å². The lowest BCUT2D eigenvalue weighted by Gasteiger charge is -2.15. The molecule has 0 fully saturated rings. The molecule has 0 heterocycles. The number of methoxy groups -OCH3 is 2. The molecule has 0 aliphatic heterocycles. The van der Waals surface area contributed by atoms with E-state index in [1.54, 1.807) is 19.1 Å². The number of carbonyl (C=O) groups is 2. The van der Waals surface area contributed by atoms with E-state index in [1.807, 2.05) is 20.8 Å². The number of nitriles is 2. The first-order valence-corrected chi connectivity index (χ1v) is 8.50. The summed E-state index contributed by atoms with van der Waals surface area (Å²) in [6, 6.07) is 3.29. The molecular formula is C18H30N2O8. The standard InChI is InChI=1S/C7H9NO3.C7H16O3.C4H5NO2/c1-3-11-5-6(4-8)7(9)10-2;1-4-8-7(9-5-2)10-6-3;1-7-4(6)2-3-5/h5H,3H2,1-2H3;7H,4-6H2,1-3H3;2H2,1H3. The van der Waals surface area contributed by atoms with Crippen LogP contribution in [0.2, 0.25) is 0 Å². The van der Waals surface area contributed by atoms with Gasteiger partial charge in [0.1, 0.15) is 18.8 Å². The molecule has 0 aromatic rings. The average Bonchev–Trinajstić information content (AvgIpc) is 2.70. The van der Waals surface area contributed by atoms with E-state index < -0.39 is 18.4 Å². The fourth-order valence-electron chi connectivity index (χ4n) is 1.09. The molecular weight excluding hydrogens is 372 g/mol. The Hall–Kier alpha value is -2.66. The predicted octanol–water partition coefficient (Wildman–Crippen LogP) is 2.06. The number of carbonyl (C=O) groups excluding carboxylic acids is 2. The first-order chi connectivity index (χ1) is 13.4. The zero-order chi connectivity index (χ0) is 22.2. The molecule has 0 N–H and O–H groups in total. The highest BCUT2D eigenvalue weighted by Crippen LogP contribution is 1.96. The lowest BCUT2D eigenvalue weighted by molar-refractivity contribution is -0.282. The van der Waals surface area contributed by atoms with Gasteiger partial charge in [0.25, 0.3) is 6.48 Å². The van der Waals surface area contributed by atoms with Crippen LogP contribution in [-0.4, -0.2) is 59.1 Å². The van der Waals surface area contributed by atoms with Crippen LogP contribution in [0.3, 0.4) is 0 Å². The maximum atomic E-state index is 10.7. The van der Waals surface area contributed by atoms with Crippen molar-refractivity contribution in [2.75, 3.05) is 40.6 Å². The summed E-state index contributed by atoms with van der Waals surface area (Å²) in [5.74, 6) is -1.16. The van der Waals surface area contributed by atoms with Crippen LogP contribution in [0.15, 0.2) is 11.8 Å². The van der Waals surface area contributed by atoms with Crippen molar-refractivity contribution in [3.63, 3.8) is 0 Å². The predicted molar refractivity (Wildman–Crippen MR) is 98.3 cm³/mol. The number of rotatable bonds is 10. The maximum absolute atomic E-state index is 10.7. The molecule has 28 heavy (non-hydrogen) atoms. The molecule has 0 atom stereocenters. The van der Waals surface area contributed by atoms with Crippen LogP contribution in [0.25, 0.3) is 0 Å². The molecule has 10 heteroatoms. The summed E-state index contributed by atoms with van der Waals surface area (Å²) in [4.78, 5) is 20.6. The van der Waals surface area contributed by atoms with Crippen LogP contribution in [0.1, 0.15) is 34.1 Å². The highest BCUT2D eigenvalue weighted by Gasteiger charge is 2.07. The second kappa shape index (κ2) is 24.3. The fourth-order valence-corrected chi connectivity index (χ4v) is 1.09. The van der Waals surface area contributed by atoms with Gasteiger partial charge in [0.2, 0.25) is 0 Å². The second-order valence-corrected chi connectivity index (χ2v) is 4.16. The molecule has 0 aromatic carbocycles. The molecule has 0 amide bonds. The molecule has 0 spiro atoms. The lowest BCUT2D eigenvalue weighted by Crippen LogP contribution is -2.20. The number of ether oxygens (including phenoxy) is 6. The Labute approximate surface area is 166 Å². The third-order valence-corrected chi connectivity index (χ3v) is 2.25. The largest absolute Gasteiger partial charge is 0.500 e. The Morgan fingerprint density at radius 3 is 1.64 bits per heavy atom. The van der Waals surface area contributed by atoms with E-state index in [4.69, 9.17) is 29.5 Å². The molecule has 0 aliphatic rings. The summed E-state index contributed by atoms with van der Waals surface area (Å²) < 4.78 is 28.4. The molecule has 0 rings (SSSR count). The SMILES string of the molecule is CCOC(OCC)OCC.CCOC=C(C#N)C(=O)OC.COC(=O)CC#N. The van der Waals surface area contributed by atoms with Crippen LogP contribution < -0.4 is 0 Å². The van der Waals surface area contributed by atoms with Gasteiger partial charge in [0.15, 0.2) is 5.57 Å². The van der Waals surface area contributed by atoms with E-state index in [2.05, 4.69) is 9.47 Å². The van der Waals surface area contributed by atoms with Gasteiger partial charge in [-0.2, -0.15) is 10.5 Å². The van der Waals surface area contributed by atoms with E-state index in [-0.39, 0.29) is 12.0 Å². The van der Waals surface area contributed by atoms with E-state index in [9.17, 15) is 9.59 Å². The van der Waals surface area contributed by atoms with Crippen molar-refractivity contribution in [1.29, 1.82) is 10.5 Å². The highest BCUT2D eigenvalue weighted by atomic mass is 16.8. The smallest absolute Gasteiger partial charge is 0.351 e. The molecule has 160 valence electrons. The number of esters is 2. The molecule has 0 saturated heterocycles. The third kappa shape index (κ3) is 21.4. The van der Waals surface area contributed by atoms with E-state index >= 15 is 0 Å². The van der Waals surface area contributed by atoms with Crippen molar-refractivity contribution >= 4 is 11.9 Å². The van der Waals surface area contributed by atoms with Crippen molar-refractivity contribution < 1.29 is 38.0 Å². The van der Waals surface area contributed by atoms with Gasteiger partial charge < -0.3 is 28.4 Å². The van der Waals surface area contributed by atoms with E-state index in [0.29, 0.717) is 26.4 Å². The van der Waals surface area contributed by atoms with Crippen molar-refractivity contribution in [2.45, 2.75) is 40.6 Å². The second-order valence-electron chi connectivity index (χ2n) is 4.16. The molecule has 0 radical (unpaired) electrons. The summed E-state index contributed by atoms with van der Waals surface area (Å²) in [5, 5.41) is 16.2. The fraction of sp³-hybridized carbons (Fsp3) is 0.667. The van der Waals surface area contributed by atoms with E-state index in [0.717, 1.165) is 6.26 Å². The first kappa shape index (κ1) is 30.1. The molecule has 0 bridgehead atoms. The van der Waals surface area contributed by atoms with Gasteiger partial charge in [-0.3, -0.25) is 4.79 Å². The van der Waals surface area contributed by atoms with Gasteiger partial charge in [0.05, 0.1) is 26.9 Å². The Balaban J connectivity index is -0.000000343. The van der Waals surface area contributed by atoms with Crippen molar-refractivity contribution in [2.24, 2.45) is 0 Å². The molecule has 0 aliphatic carbocycles. The average molecular weight is 402 g/mol. The number of hydrogen-bond donors (Lipinski definition) is 0. The summed E-state index contributed by atoms with van der Waals surface area (Å²) >= 11 is 0. The monoisotopic (exact) mass is 402 g/mol. The normalized spacial score (nSPS) is 9.54. The van der Waals surface area contributed by atoms with Gasteiger partial charge >= 0.3 is 11.9 Å². The summed E-state index contributed by atoms with van der Waals surface area (Å²) in [7, 11) is 2.46. The Morgan fingerprint density at radius 2 is 1.39 bits per heavy atom. The minimum absolute atomic E-state index is 0.130. The summed E-state index contributed by atoms with van der Waals surface area (Å²) in [6.45, 7) is 9.27. The Kier molecular flexibility index (Phi) is 26.1. The Morgan fingerprint density at radius 1 is 0.893 bits per heavy atom. The highest BCUT2D eigenvalue weighted by molar-refractivity contribution is 5.92. The molecule has 10 nitrogen and oxygen atoms in total. The van der Waals surface area contributed by atoms with Gasteiger partial charge in [0, 0.05) is 19.8 Å². The first-order valence-electron chi connectivity index (χ1n) is 8.50. The number of nitrogens with zero attached hydrogens (tertiary/aromatic N) is 2. The van der Waals surface area contributed by atoms with Crippen LogP contribution in [0, 0.1) is 22.7 Å². The van der Waals surface area contributed by atoms with Crippen LogP contribution in [-0.2, 0) is 38.0 Å². The zero-order valence-corrected chi connectivity index (χ0v) is 17.4. The van der Waals surface area contributed by atoms with Crippen LogP contribution >= 0.6 is 0 Å². The number of hydrogen-bond acceptors (Lipinski definition) is 10. The van der Waals surface area contributed by atoms with Gasteiger partial charge in [-0.1, -0.05) is 0 Å². The quantitative estimate of drug-likeness (QED) is 0.175. The zero-order valence-electron chi connectivity index (χ0n) is 17.4. The molecule has 0 aromatic heterocycles. The van der Waals surface area contributed by atoms with Gasteiger partial charge in [-0.05, 0) is 27.7 Å². The van der Waals surface area contributed by atoms with Crippen molar-refractivity contribution in [1.82, 2.24) is 0 Å². The lowest BCUT2D eigenvalue weighted by atomic mass is 10.3. The summed E-state index contributed by atoms with van der Waals surface area (Å²) in [6.07, 6.45) is 0.933. The van der Waals surface area contributed by atoms with E-state index in [1.165, 1.54) is 14.2 Å². The molecule has 0 unspecified atom stereocenters. The minimum Gasteiger partial charge on any atom is -0.500 e. The maximum Gasteiger partial charge on any atom is 0.351 e. The minimum atomic E-state index is -0.680. The third-order valence-electron chi connectivity index (χ3n) is 2.25. The van der Waals surface area contributed by atoms with Gasteiger partial charge in [-0.25, -0.2) is 4.79 Å². The molecule has 0 saturated carbocycles. The summed E-state index contributed by atoms with van der Waals surface area (Å²) in [5.41, 5.74) is -0.130.